The molecule has 6 heteroatoms. The largest absolute Gasteiger partial charge is 0.367 e. The van der Waals surface area contributed by atoms with Crippen LogP contribution in [0.25, 0.3) is 0 Å². The fourth-order valence-electron chi connectivity index (χ4n) is 1.61. The van der Waals surface area contributed by atoms with Gasteiger partial charge in [-0.05, 0) is 24.6 Å². The molecule has 5 nitrogen and oxygen atoms in total. The smallest absolute Gasteiger partial charge is 0.240 e. The number of nitrogens with two attached hydrogens (primary N) is 1. The van der Waals surface area contributed by atoms with Crippen molar-refractivity contribution in [3.63, 3.8) is 0 Å². The van der Waals surface area contributed by atoms with Crippen LogP contribution in [-0.4, -0.2) is 17.2 Å². The first-order valence-electron chi connectivity index (χ1n) is 5.48. The summed E-state index contributed by atoms with van der Waals surface area (Å²) >= 11 is 0. The molecule has 0 atom stereocenters. The van der Waals surface area contributed by atoms with Gasteiger partial charge in [0.2, 0.25) is 5.89 Å². The molecule has 2 N–H and O–H groups in total. The van der Waals surface area contributed by atoms with Gasteiger partial charge in [0.15, 0.2) is 5.82 Å². The van der Waals surface area contributed by atoms with Gasteiger partial charge in [-0.2, -0.15) is 4.98 Å². The lowest BCUT2D eigenvalue weighted by atomic mass is 10.2. The Morgan fingerprint density at radius 1 is 1.39 bits per heavy atom. The zero-order chi connectivity index (χ0) is 12.3. The van der Waals surface area contributed by atoms with Gasteiger partial charge < -0.3 is 15.2 Å². The van der Waals surface area contributed by atoms with Crippen molar-refractivity contribution in [2.24, 2.45) is 5.73 Å². The van der Waals surface area contributed by atoms with E-state index in [9.17, 15) is 0 Å². The van der Waals surface area contributed by atoms with Crippen molar-refractivity contribution in [1.82, 2.24) is 10.1 Å². The Bertz CT molecular complexity index is 500. The minimum atomic E-state index is 0. The second kappa shape index (κ2) is 6.37. The lowest BCUT2D eigenvalue weighted by Gasteiger charge is -2.17. The summed E-state index contributed by atoms with van der Waals surface area (Å²) in [5, 5.41) is 3.87. The minimum absolute atomic E-state index is 0. The van der Waals surface area contributed by atoms with E-state index < -0.39 is 0 Å². The van der Waals surface area contributed by atoms with Crippen molar-refractivity contribution in [2.75, 3.05) is 11.9 Å². The summed E-state index contributed by atoms with van der Waals surface area (Å²) in [6, 6.07) is 8.27. The number of aromatic nitrogens is 2. The lowest BCUT2D eigenvalue weighted by molar-refractivity contribution is 0.374. The number of anilines is 1. The van der Waals surface area contributed by atoms with Crippen LogP contribution in [-0.2, 0) is 13.1 Å². The average Bonchev–Trinajstić information content (AvgIpc) is 2.77. The van der Waals surface area contributed by atoms with Gasteiger partial charge >= 0.3 is 0 Å². The zero-order valence-electron chi connectivity index (χ0n) is 10.5. The fraction of sp³-hybridized carbons (Fsp3) is 0.333. The predicted octanol–water partition coefficient (Wildman–Crippen LogP) is 1.89. The quantitative estimate of drug-likeness (QED) is 0.917. The Balaban J connectivity index is 0.00000162. The molecular weight excluding hydrogens is 252 g/mol. The van der Waals surface area contributed by atoms with Crippen molar-refractivity contribution >= 4 is 18.1 Å². The molecule has 0 aliphatic heterocycles. The third kappa shape index (κ3) is 3.45. The minimum Gasteiger partial charge on any atom is -0.367 e. The van der Waals surface area contributed by atoms with Crippen molar-refractivity contribution in [1.29, 1.82) is 0 Å². The van der Waals surface area contributed by atoms with Gasteiger partial charge in [-0.15, -0.1) is 12.4 Å². The molecule has 0 fully saturated rings. The van der Waals surface area contributed by atoms with E-state index >= 15 is 0 Å². The molecule has 1 heterocycles. The molecule has 1 aromatic carbocycles. The van der Waals surface area contributed by atoms with Crippen molar-refractivity contribution < 1.29 is 4.52 Å². The van der Waals surface area contributed by atoms with E-state index in [1.165, 1.54) is 5.56 Å². The number of hydrogen-bond acceptors (Lipinski definition) is 5. The summed E-state index contributed by atoms with van der Waals surface area (Å²) in [4.78, 5) is 6.24. The number of nitrogens with zero attached hydrogens (tertiary/aromatic N) is 3. The number of benzene rings is 1. The third-order valence-electron chi connectivity index (χ3n) is 2.51. The Kier molecular flexibility index (Phi) is 5.12. The lowest BCUT2D eigenvalue weighted by Crippen LogP contribution is -2.17. The molecule has 0 aliphatic carbocycles. The number of hydrogen-bond donors (Lipinski definition) is 1. The van der Waals surface area contributed by atoms with E-state index in [-0.39, 0.29) is 19.0 Å². The van der Waals surface area contributed by atoms with Crippen LogP contribution in [0.15, 0.2) is 28.8 Å². The second-order valence-electron chi connectivity index (χ2n) is 4.00. The monoisotopic (exact) mass is 268 g/mol. The number of rotatable bonds is 4. The summed E-state index contributed by atoms with van der Waals surface area (Å²) in [6.45, 7) is 2.95. The number of aryl methyl sites for hydroxylation is 1. The second-order valence-corrected chi connectivity index (χ2v) is 4.00. The molecule has 0 amide bonds. The predicted molar refractivity (Wildman–Crippen MR) is 72.7 cm³/mol. The van der Waals surface area contributed by atoms with E-state index in [2.05, 4.69) is 40.2 Å². The summed E-state index contributed by atoms with van der Waals surface area (Å²) in [5.41, 5.74) is 7.77. The molecular formula is C12H17ClN4O. The Morgan fingerprint density at radius 2 is 2.17 bits per heavy atom. The molecule has 18 heavy (non-hydrogen) atoms. The van der Waals surface area contributed by atoms with E-state index in [1.54, 1.807) is 0 Å². The van der Waals surface area contributed by atoms with Crippen LogP contribution >= 0.6 is 12.4 Å². The first kappa shape index (κ1) is 14.5. The van der Waals surface area contributed by atoms with E-state index in [1.807, 2.05) is 13.1 Å². The maximum absolute atomic E-state index is 5.42. The Labute approximate surface area is 112 Å². The molecule has 0 radical (unpaired) electrons. The van der Waals surface area contributed by atoms with Crippen LogP contribution in [0, 0.1) is 6.92 Å². The van der Waals surface area contributed by atoms with E-state index in [4.69, 9.17) is 10.3 Å². The van der Waals surface area contributed by atoms with Gasteiger partial charge in [0.05, 0.1) is 13.1 Å². The highest BCUT2D eigenvalue weighted by Gasteiger charge is 2.08. The summed E-state index contributed by atoms with van der Waals surface area (Å²) in [5.74, 6) is 1.12. The summed E-state index contributed by atoms with van der Waals surface area (Å²) < 4.78 is 4.96. The van der Waals surface area contributed by atoms with Crippen molar-refractivity contribution in [2.45, 2.75) is 20.0 Å². The Hall–Kier alpha value is -1.59. The highest BCUT2D eigenvalue weighted by atomic mass is 35.5. The van der Waals surface area contributed by atoms with Gasteiger partial charge in [-0.1, -0.05) is 17.3 Å². The van der Waals surface area contributed by atoms with Gasteiger partial charge in [0, 0.05) is 12.7 Å². The van der Waals surface area contributed by atoms with Gasteiger partial charge in [0.1, 0.15) is 0 Å². The van der Waals surface area contributed by atoms with E-state index in [0.717, 1.165) is 5.69 Å². The molecule has 0 spiro atoms. The molecule has 2 rings (SSSR count). The SMILES string of the molecule is Cc1cccc(N(C)Cc2noc(CN)n2)c1.Cl. The molecule has 98 valence electrons. The van der Waals surface area contributed by atoms with Crippen LogP contribution in [0.5, 0.6) is 0 Å². The maximum Gasteiger partial charge on any atom is 0.240 e. The van der Waals surface area contributed by atoms with Gasteiger partial charge in [0.25, 0.3) is 0 Å². The van der Waals surface area contributed by atoms with Crippen molar-refractivity contribution in [3.8, 4) is 0 Å². The standard InChI is InChI=1S/C12H16N4O.ClH/c1-9-4-3-5-10(6-9)16(2)8-11-14-12(7-13)17-15-11;/h3-6H,7-8,13H2,1-2H3;1H. The summed E-state index contributed by atoms with van der Waals surface area (Å²) in [6.07, 6.45) is 0. The van der Waals surface area contributed by atoms with Crippen molar-refractivity contribution in [3.05, 3.63) is 41.5 Å². The van der Waals surface area contributed by atoms with Crippen LogP contribution < -0.4 is 10.6 Å². The average molecular weight is 269 g/mol. The normalized spacial score (nSPS) is 9.94. The molecule has 0 saturated carbocycles. The first-order chi connectivity index (χ1) is 8.19. The zero-order valence-corrected chi connectivity index (χ0v) is 11.3. The van der Waals surface area contributed by atoms with E-state index in [0.29, 0.717) is 18.3 Å². The maximum atomic E-state index is 5.42. The molecule has 1 aromatic heterocycles. The molecule has 2 aromatic rings. The fourth-order valence-corrected chi connectivity index (χ4v) is 1.61. The molecule has 0 saturated heterocycles. The Morgan fingerprint density at radius 3 is 2.78 bits per heavy atom. The summed E-state index contributed by atoms with van der Waals surface area (Å²) in [7, 11) is 1.99. The van der Waals surface area contributed by atoms with Crippen LogP contribution in [0.2, 0.25) is 0 Å². The molecule has 0 aliphatic rings. The van der Waals surface area contributed by atoms with Gasteiger partial charge in [-0.3, -0.25) is 0 Å². The van der Waals surface area contributed by atoms with Crippen LogP contribution in [0.3, 0.4) is 0 Å². The van der Waals surface area contributed by atoms with Crippen LogP contribution in [0.1, 0.15) is 17.3 Å². The topological polar surface area (TPSA) is 68.2 Å². The van der Waals surface area contributed by atoms with Gasteiger partial charge in [-0.25, -0.2) is 0 Å². The molecule has 0 unspecified atom stereocenters. The highest BCUT2D eigenvalue weighted by Crippen LogP contribution is 2.15. The molecule has 0 bridgehead atoms. The number of halogens is 1. The third-order valence-corrected chi connectivity index (χ3v) is 2.51. The highest BCUT2D eigenvalue weighted by molar-refractivity contribution is 5.85. The van der Waals surface area contributed by atoms with Crippen LogP contribution in [0.4, 0.5) is 5.69 Å². The first-order valence-corrected chi connectivity index (χ1v) is 5.48.